The van der Waals surface area contributed by atoms with E-state index < -0.39 is 6.10 Å². The van der Waals surface area contributed by atoms with Gasteiger partial charge in [-0.1, -0.05) is 223 Å². The van der Waals surface area contributed by atoms with Crippen LogP contribution >= 0.6 is 0 Å². The van der Waals surface area contributed by atoms with Crippen molar-refractivity contribution in [3.05, 3.63) is 48.6 Å². The molecule has 0 aromatic carbocycles. The Balaban J connectivity index is 4.26. The summed E-state index contributed by atoms with van der Waals surface area (Å²) in [5.41, 5.74) is 0. The molecule has 0 bridgehead atoms. The minimum absolute atomic E-state index is 0.0760. The molecule has 0 aliphatic rings. The van der Waals surface area contributed by atoms with Crippen molar-refractivity contribution < 1.29 is 23.8 Å². The Hall–Kier alpha value is -2.14. The molecule has 60 heavy (non-hydrogen) atoms. The van der Waals surface area contributed by atoms with E-state index in [1.807, 2.05) is 0 Å². The van der Waals surface area contributed by atoms with Gasteiger partial charge in [-0.2, -0.15) is 0 Å². The summed E-state index contributed by atoms with van der Waals surface area (Å²) in [7, 11) is 0. The Labute approximate surface area is 373 Å². The van der Waals surface area contributed by atoms with E-state index in [1.165, 1.54) is 154 Å². The third-order valence-electron chi connectivity index (χ3n) is 11.3. The maximum atomic E-state index is 12.8. The number of esters is 2. The van der Waals surface area contributed by atoms with Crippen LogP contribution in [-0.4, -0.2) is 37.9 Å². The molecule has 0 saturated heterocycles. The van der Waals surface area contributed by atoms with Crippen LogP contribution in [0.5, 0.6) is 0 Å². The molecule has 0 saturated carbocycles. The third kappa shape index (κ3) is 48.5. The summed E-state index contributed by atoms with van der Waals surface area (Å²) in [5, 5.41) is 0. The van der Waals surface area contributed by atoms with Gasteiger partial charge in [0, 0.05) is 19.4 Å². The molecule has 0 rings (SSSR count). The van der Waals surface area contributed by atoms with Gasteiger partial charge in [-0.25, -0.2) is 0 Å². The standard InChI is InChI=1S/C55H100O5/c1-4-7-10-13-16-19-22-25-27-28-29-31-33-36-39-42-45-48-54(56)59-52-53(51-58-50-47-44-41-38-35-32-26-23-20-17-14-11-8-5-2)60-55(57)49-46-43-40-37-34-30-24-21-18-15-12-9-6-3/h8,11,17,20-21,24,26,32,53H,4-7,9-10,12-16,18-19,22-23,25,27-31,33-52H2,1-3H3/b11-8-,20-17-,24-21-,32-26-. The smallest absolute Gasteiger partial charge is 0.306 e. The highest BCUT2D eigenvalue weighted by Gasteiger charge is 2.17. The molecule has 5 heteroatoms. The van der Waals surface area contributed by atoms with Gasteiger partial charge in [0.2, 0.25) is 0 Å². The molecule has 0 aliphatic heterocycles. The third-order valence-corrected chi connectivity index (χ3v) is 11.3. The fourth-order valence-electron chi connectivity index (χ4n) is 7.46. The molecule has 0 N–H and O–H groups in total. The first-order valence-corrected chi connectivity index (χ1v) is 26.2. The normalized spacial score (nSPS) is 12.5. The second-order valence-electron chi connectivity index (χ2n) is 17.4. The molecule has 0 amide bonds. The summed E-state index contributed by atoms with van der Waals surface area (Å²) in [6.45, 7) is 7.68. The van der Waals surface area contributed by atoms with Crippen molar-refractivity contribution in [2.75, 3.05) is 19.8 Å². The lowest BCUT2D eigenvalue weighted by Crippen LogP contribution is -2.30. The van der Waals surface area contributed by atoms with Gasteiger partial charge in [0.1, 0.15) is 6.61 Å². The molecule has 0 aliphatic carbocycles. The second-order valence-corrected chi connectivity index (χ2v) is 17.4. The van der Waals surface area contributed by atoms with Gasteiger partial charge >= 0.3 is 11.9 Å². The van der Waals surface area contributed by atoms with E-state index in [0.717, 1.165) is 77.0 Å². The summed E-state index contributed by atoms with van der Waals surface area (Å²) in [5.74, 6) is -0.409. The van der Waals surface area contributed by atoms with E-state index in [2.05, 4.69) is 69.4 Å². The molecule has 0 spiro atoms. The van der Waals surface area contributed by atoms with E-state index in [-0.39, 0.29) is 25.2 Å². The zero-order valence-corrected chi connectivity index (χ0v) is 40.2. The van der Waals surface area contributed by atoms with Gasteiger partial charge in [-0.05, 0) is 77.0 Å². The fraction of sp³-hybridized carbons (Fsp3) is 0.818. The lowest BCUT2D eigenvalue weighted by molar-refractivity contribution is -0.163. The first-order valence-electron chi connectivity index (χ1n) is 26.2. The number of hydrogen-bond acceptors (Lipinski definition) is 5. The summed E-state index contributed by atoms with van der Waals surface area (Å²) >= 11 is 0. The predicted molar refractivity (Wildman–Crippen MR) is 261 cm³/mol. The molecule has 0 fully saturated rings. The number of unbranched alkanes of at least 4 members (excludes halogenated alkanes) is 29. The van der Waals surface area contributed by atoms with Crippen molar-refractivity contribution in [2.24, 2.45) is 0 Å². The van der Waals surface area contributed by atoms with Crippen LogP contribution in [0, 0.1) is 0 Å². The highest BCUT2D eigenvalue weighted by Crippen LogP contribution is 2.15. The van der Waals surface area contributed by atoms with Crippen molar-refractivity contribution >= 4 is 11.9 Å². The fourth-order valence-corrected chi connectivity index (χ4v) is 7.46. The zero-order valence-electron chi connectivity index (χ0n) is 40.2. The van der Waals surface area contributed by atoms with E-state index in [9.17, 15) is 9.59 Å². The van der Waals surface area contributed by atoms with Crippen LogP contribution in [-0.2, 0) is 23.8 Å². The Kier molecular flexibility index (Phi) is 49.4. The topological polar surface area (TPSA) is 61.8 Å². The van der Waals surface area contributed by atoms with Crippen LogP contribution in [0.25, 0.3) is 0 Å². The first kappa shape index (κ1) is 57.9. The average molecular weight is 841 g/mol. The minimum Gasteiger partial charge on any atom is -0.462 e. The number of carbonyl (C=O) groups excluding carboxylic acids is 2. The van der Waals surface area contributed by atoms with Gasteiger partial charge in [-0.15, -0.1) is 0 Å². The molecule has 5 nitrogen and oxygen atoms in total. The van der Waals surface area contributed by atoms with Gasteiger partial charge in [0.15, 0.2) is 6.10 Å². The van der Waals surface area contributed by atoms with E-state index in [0.29, 0.717) is 19.4 Å². The summed E-state index contributed by atoms with van der Waals surface area (Å²) in [4.78, 5) is 25.4. The van der Waals surface area contributed by atoms with Gasteiger partial charge in [-0.3, -0.25) is 9.59 Å². The van der Waals surface area contributed by atoms with Gasteiger partial charge < -0.3 is 14.2 Å². The lowest BCUT2D eigenvalue weighted by atomic mass is 10.0. The quantitative estimate of drug-likeness (QED) is 0.0347. The van der Waals surface area contributed by atoms with Gasteiger partial charge in [0.25, 0.3) is 0 Å². The Morgan fingerprint density at radius 2 is 0.750 bits per heavy atom. The van der Waals surface area contributed by atoms with E-state index >= 15 is 0 Å². The van der Waals surface area contributed by atoms with Crippen molar-refractivity contribution in [1.29, 1.82) is 0 Å². The van der Waals surface area contributed by atoms with Crippen LogP contribution in [0.1, 0.15) is 265 Å². The maximum Gasteiger partial charge on any atom is 0.306 e. The highest BCUT2D eigenvalue weighted by atomic mass is 16.6. The van der Waals surface area contributed by atoms with Crippen LogP contribution in [0.15, 0.2) is 48.6 Å². The minimum atomic E-state index is -0.549. The second kappa shape index (κ2) is 51.2. The van der Waals surface area contributed by atoms with Crippen LogP contribution in [0.3, 0.4) is 0 Å². The zero-order chi connectivity index (χ0) is 43.5. The number of hydrogen-bond donors (Lipinski definition) is 0. The summed E-state index contributed by atoms with van der Waals surface area (Å²) in [6, 6.07) is 0. The number of allylic oxidation sites excluding steroid dienone is 8. The van der Waals surface area contributed by atoms with Gasteiger partial charge in [0.05, 0.1) is 6.61 Å². The molecule has 350 valence electrons. The van der Waals surface area contributed by atoms with Crippen molar-refractivity contribution in [2.45, 2.75) is 271 Å². The van der Waals surface area contributed by atoms with Crippen LogP contribution in [0.2, 0.25) is 0 Å². The number of ether oxygens (including phenoxy) is 3. The Morgan fingerprint density at radius 3 is 1.23 bits per heavy atom. The largest absolute Gasteiger partial charge is 0.462 e. The first-order chi connectivity index (χ1) is 29.6. The number of carbonyl (C=O) groups is 2. The van der Waals surface area contributed by atoms with Crippen LogP contribution in [0.4, 0.5) is 0 Å². The van der Waals surface area contributed by atoms with E-state index in [1.54, 1.807) is 0 Å². The average Bonchev–Trinajstić information content (AvgIpc) is 3.25. The molecule has 0 radical (unpaired) electrons. The lowest BCUT2D eigenvalue weighted by Gasteiger charge is -2.18. The summed E-state index contributed by atoms with van der Waals surface area (Å²) < 4.78 is 17.4. The summed E-state index contributed by atoms with van der Waals surface area (Å²) in [6.07, 6.45) is 62.6. The van der Waals surface area contributed by atoms with Crippen molar-refractivity contribution in [3.63, 3.8) is 0 Å². The predicted octanol–water partition coefficient (Wildman–Crippen LogP) is 17.6. The molecule has 0 aromatic rings. The Morgan fingerprint density at radius 1 is 0.383 bits per heavy atom. The maximum absolute atomic E-state index is 12.8. The molecule has 0 heterocycles. The van der Waals surface area contributed by atoms with E-state index in [4.69, 9.17) is 14.2 Å². The molecular formula is C55H100O5. The number of rotatable bonds is 48. The van der Waals surface area contributed by atoms with Crippen molar-refractivity contribution in [1.82, 2.24) is 0 Å². The molecule has 1 atom stereocenters. The van der Waals surface area contributed by atoms with Crippen LogP contribution < -0.4 is 0 Å². The van der Waals surface area contributed by atoms with Crippen molar-refractivity contribution in [3.8, 4) is 0 Å². The molecular weight excluding hydrogens is 741 g/mol. The SMILES string of the molecule is CC/C=C\C/C=C\C/C=C\CCCCCCOCC(COC(=O)CCCCCCCCCCCCCCCCCCC)OC(=O)CCCCCCC/C=C\CCCCCC. The highest BCUT2D eigenvalue weighted by molar-refractivity contribution is 5.70. The monoisotopic (exact) mass is 841 g/mol. The Bertz CT molecular complexity index is 997. The molecule has 0 aromatic heterocycles. The molecule has 1 unspecified atom stereocenters.